The minimum atomic E-state index is -0.402. The zero-order valence-electron chi connectivity index (χ0n) is 16.3. The van der Waals surface area contributed by atoms with Crippen LogP contribution in [0, 0.1) is 12.8 Å². The van der Waals surface area contributed by atoms with Crippen molar-refractivity contribution in [2.24, 2.45) is 5.92 Å². The Labute approximate surface area is 167 Å². The molecule has 0 bridgehead atoms. The largest absolute Gasteiger partial charge is 0.466 e. The maximum atomic E-state index is 13.3. The van der Waals surface area contributed by atoms with Gasteiger partial charge in [-0.25, -0.2) is 0 Å². The molecular formula is C22H21NO6. The number of hydrogen-bond acceptors (Lipinski definition) is 6. The van der Waals surface area contributed by atoms with Gasteiger partial charge in [-0.2, -0.15) is 0 Å². The number of rotatable bonds is 3. The Morgan fingerprint density at radius 3 is 2.55 bits per heavy atom. The monoisotopic (exact) mass is 395 g/mol. The third kappa shape index (κ3) is 3.06. The van der Waals surface area contributed by atoms with Crippen LogP contribution in [-0.4, -0.2) is 48.0 Å². The number of carbonyl (C=O) groups excluding carboxylic acids is 4. The summed E-state index contributed by atoms with van der Waals surface area (Å²) in [7, 11) is 0. The van der Waals surface area contributed by atoms with E-state index in [0.717, 1.165) is 0 Å². The van der Waals surface area contributed by atoms with Crippen LogP contribution in [0.25, 0.3) is 0 Å². The van der Waals surface area contributed by atoms with Crippen molar-refractivity contribution in [3.63, 3.8) is 0 Å². The predicted molar refractivity (Wildman–Crippen MR) is 102 cm³/mol. The molecule has 0 N–H and O–H groups in total. The lowest BCUT2D eigenvalue weighted by molar-refractivity contribution is -0.149. The maximum Gasteiger partial charge on any atom is 0.310 e. The second-order valence-electron chi connectivity index (χ2n) is 7.28. The van der Waals surface area contributed by atoms with Crippen LogP contribution >= 0.6 is 0 Å². The number of hydrogen-bond donors (Lipinski definition) is 0. The fraction of sp³-hybridized carbons (Fsp3) is 0.364. The highest BCUT2D eigenvalue weighted by Gasteiger charge is 2.40. The Hall–Kier alpha value is -3.22. The molecule has 1 saturated heterocycles. The average Bonchev–Trinajstić information content (AvgIpc) is 3.09. The van der Waals surface area contributed by atoms with Crippen molar-refractivity contribution in [3.05, 3.63) is 58.0 Å². The van der Waals surface area contributed by atoms with E-state index >= 15 is 0 Å². The zero-order valence-corrected chi connectivity index (χ0v) is 16.3. The van der Waals surface area contributed by atoms with Gasteiger partial charge in [0.2, 0.25) is 5.78 Å². The number of carbonyl (C=O) groups is 4. The van der Waals surface area contributed by atoms with E-state index < -0.39 is 23.4 Å². The van der Waals surface area contributed by atoms with Crippen LogP contribution < -0.4 is 0 Å². The summed E-state index contributed by atoms with van der Waals surface area (Å²) in [6.45, 7) is 4.28. The molecule has 1 aromatic heterocycles. The molecule has 0 saturated carbocycles. The fourth-order valence-electron chi connectivity index (χ4n) is 4.09. The molecule has 150 valence electrons. The van der Waals surface area contributed by atoms with Crippen LogP contribution in [0.5, 0.6) is 0 Å². The third-order valence-corrected chi connectivity index (χ3v) is 5.48. The van der Waals surface area contributed by atoms with Crippen molar-refractivity contribution in [3.8, 4) is 0 Å². The quantitative estimate of drug-likeness (QED) is 0.633. The van der Waals surface area contributed by atoms with Gasteiger partial charge in [-0.15, -0.1) is 0 Å². The normalized spacial score (nSPS) is 18.3. The predicted octanol–water partition coefficient (Wildman–Crippen LogP) is 2.78. The van der Waals surface area contributed by atoms with E-state index in [1.165, 1.54) is 0 Å². The Kier molecular flexibility index (Phi) is 4.82. The van der Waals surface area contributed by atoms with Crippen molar-refractivity contribution in [2.75, 3.05) is 19.7 Å². The topological polar surface area (TPSA) is 93.9 Å². The molecule has 29 heavy (non-hydrogen) atoms. The molecular weight excluding hydrogens is 374 g/mol. The van der Waals surface area contributed by atoms with Crippen LogP contribution in [0.2, 0.25) is 0 Å². The van der Waals surface area contributed by atoms with Crippen molar-refractivity contribution < 1.29 is 28.3 Å². The molecule has 7 heteroatoms. The highest BCUT2D eigenvalue weighted by Crippen LogP contribution is 2.34. The number of ether oxygens (including phenoxy) is 1. The summed E-state index contributed by atoms with van der Waals surface area (Å²) in [5.41, 5.74) is 0.674. The van der Waals surface area contributed by atoms with Crippen molar-refractivity contribution in [1.29, 1.82) is 0 Å². The highest BCUT2D eigenvalue weighted by atomic mass is 16.5. The molecule has 1 aromatic carbocycles. The first kappa shape index (κ1) is 19.1. The summed E-state index contributed by atoms with van der Waals surface area (Å²) in [6.07, 6.45) is 1.31. The van der Waals surface area contributed by atoms with E-state index in [0.29, 0.717) is 19.4 Å². The van der Waals surface area contributed by atoms with Gasteiger partial charge in [-0.1, -0.05) is 24.3 Å². The first-order valence-corrected chi connectivity index (χ1v) is 9.71. The average molecular weight is 395 g/mol. The highest BCUT2D eigenvalue weighted by molar-refractivity contribution is 6.30. The lowest BCUT2D eigenvalue weighted by atomic mass is 9.86. The Balaban J connectivity index is 1.69. The van der Waals surface area contributed by atoms with E-state index in [1.807, 2.05) is 0 Å². The van der Waals surface area contributed by atoms with Gasteiger partial charge in [0.1, 0.15) is 5.76 Å². The number of nitrogens with zero attached hydrogens (tertiary/aromatic N) is 1. The van der Waals surface area contributed by atoms with Crippen LogP contribution in [0.1, 0.15) is 67.9 Å². The minimum absolute atomic E-state index is 0.0226. The van der Waals surface area contributed by atoms with Gasteiger partial charge in [0.05, 0.1) is 23.7 Å². The Morgan fingerprint density at radius 1 is 1.17 bits per heavy atom. The third-order valence-electron chi connectivity index (χ3n) is 5.48. The number of piperidine rings is 1. The number of aryl methyl sites for hydroxylation is 1. The molecule has 1 fully saturated rings. The molecule has 2 heterocycles. The SMILES string of the molecule is CCOC(=O)[C@H]1CCCN(C(=O)c2c(C)oc3c2C(=O)c2ccccc2C3=O)C1. The van der Waals surface area contributed by atoms with Crippen LogP contribution in [0.15, 0.2) is 28.7 Å². The molecule has 1 aliphatic heterocycles. The fourth-order valence-corrected chi connectivity index (χ4v) is 4.09. The van der Waals surface area contributed by atoms with Crippen LogP contribution in [0.3, 0.4) is 0 Å². The molecule has 2 aromatic rings. The van der Waals surface area contributed by atoms with Gasteiger partial charge in [-0.3, -0.25) is 19.2 Å². The number of fused-ring (bicyclic) bond motifs is 2. The standard InChI is InChI=1S/C22H21NO6/c1-3-28-22(27)13-7-6-10-23(11-13)21(26)16-12(2)29-20-17(16)18(24)14-8-4-5-9-15(14)19(20)25/h4-5,8-9,13H,3,6-7,10-11H2,1-2H3/t13-/m0/s1. The molecule has 1 amide bonds. The van der Waals surface area contributed by atoms with Crippen LogP contribution in [0.4, 0.5) is 0 Å². The maximum absolute atomic E-state index is 13.3. The van der Waals surface area contributed by atoms with Gasteiger partial charge in [0.15, 0.2) is 11.5 Å². The molecule has 0 unspecified atom stereocenters. The summed E-state index contributed by atoms with van der Waals surface area (Å²) >= 11 is 0. The molecule has 0 radical (unpaired) electrons. The second-order valence-corrected chi connectivity index (χ2v) is 7.28. The van der Waals surface area contributed by atoms with E-state index in [9.17, 15) is 19.2 Å². The van der Waals surface area contributed by atoms with Crippen LogP contribution in [-0.2, 0) is 9.53 Å². The van der Waals surface area contributed by atoms with E-state index in [1.54, 1.807) is 43.0 Å². The molecule has 1 aliphatic carbocycles. The van der Waals surface area contributed by atoms with Crippen molar-refractivity contribution in [2.45, 2.75) is 26.7 Å². The molecule has 2 aliphatic rings. The minimum Gasteiger partial charge on any atom is -0.466 e. The van der Waals surface area contributed by atoms with E-state index in [2.05, 4.69) is 0 Å². The molecule has 4 rings (SSSR count). The zero-order chi connectivity index (χ0) is 20.7. The summed E-state index contributed by atoms with van der Waals surface area (Å²) in [5.74, 6) is -1.78. The first-order chi connectivity index (χ1) is 13.9. The summed E-state index contributed by atoms with van der Waals surface area (Å²) < 4.78 is 10.7. The molecule has 7 nitrogen and oxygen atoms in total. The van der Waals surface area contributed by atoms with E-state index in [4.69, 9.17) is 9.15 Å². The first-order valence-electron chi connectivity index (χ1n) is 9.71. The number of likely N-dealkylation sites (tertiary alicyclic amines) is 1. The number of esters is 1. The molecule has 1 atom stereocenters. The van der Waals surface area contributed by atoms with Gasteiger partial charge >= 0.3 is 5.97 Å². The number of amides is 1. The van der Waals surface area contributed by atoms with Crippen molar-refractivity contribution >= 4 is 23.4 Å². The number of ketones is 2. The van der Waals surface area contributed by atoms with Gasteiger partial charge in [0.25, 0.3) is 5.91 Å². The Bertz CT molecular complexity index is 1030. The lowest BCUT2D eigenvalue weighted by Crippen LogP contribution is -2.43. The van der Waals surface area contributed by atoms with E-state index in [-0.39, 0.29) is 52.9 Å². The Morgan fingerprint density at radius 2 is 1.86 bits per heavy atom. The van der Waals surface area contributed by atoms with Gasteiger partial charge in [0, 0.05) is 24.2 Å². The second kappa shape index (κ2) is 7.31. The smallest absolute Gasteiger partial charge is 0.310 e. The summed E-state index contributed by atoms with van der Waals surface area (Å²) in [6, 6.07) is 6.51. The summed E-state index contributed by atoms with van der Waals surface area (Å²) in [5, 5.41) is 0. The lowest BCUT2D eigenvalue weighted by Gasteiger charge is -2.31. The number of furan rings is 1. The van der Waals surface area contributed by atoms with Gasteiger partial charge < -0.3 is 14.1 Å². The summed E-state index contributed by atoms with van der Waals surface area (Å²) in [4.78, 5) is 52.8. The van der Waals surface area contributed by atoms with Crippen molar-refractivity contribution in [1.82, 2.24) is 4.90 Å². The molecule has 0 spiro atoms. The van der Waals surface area contributed by atoms with Gasteiger partial charge in [-0.05, 0) is 26.7 Å². The number of benzene rings is 1.